The molecule has 0 saturated carbocycles. The maximum absolute atomic E-state index is 10.9. The van der Waals surface area contributed by atoms with Crippen LogP contribution in [-0.2, 0) is 4.79 Å². The van der Waals surface area contributed by atoms with Gasteiger partial charge in [-0.3, -0.25) is 10.0 Å². The second-order valence-corrected chi connectivity index (χ2v) is 9.23. The molecule has 29 heavy (non-hydrogen) atoms. The average molecular weight is 430 g/mol. The molecule has 0 bridgehead atoms. The van der Waals surface area contributed by atoms with Gasteiger partial charge in [0.25, 0.3) is 0 Å². The molecule has 0 aliphatic rings. The number of hydroxylamine groups is 1. The lowest BCUT2D eigenvalue weighted by Gasteiger charge is -2.04. The van der Waals surface area contributed by atoms with Crippen molar-refractivity contribution in [3.8, 4) is 0 Å². The van der Waals surface area contributed by atoms with Crippen LogP contribution in [0.3, 0.4) is 0 Å². The third-order valence-electron chi connectivity index (χ3n) is 5.94. The van der Waals surface area contributed by atoms with Gasteiger partial charge < -0.3 is 0 Å². The Bertz CT molecular complexity index is 326. The molecule has 0 unspecified atom stereocenters. The molecule has 0 spiro atoms. The first-order chi connectivity index (χ1) is 14.3. The van der Waals surface area contributed by atoms with Gasteiger partial charge in [-0.15, -0.1) is 0 Å². The molecule has 0 aromatic carbocycles. The summed E-state index contributed by atoms with van der Waals surface area (Å²) >= 11 is 4.26. The maximum atomic E-state index is 10.9. The minimum atomic E-state index is -0.258. The summed E-state index contributed by atoms with van der Waals surface area (Å²) in [4.78, 5) is 10.9. The lowest BCUT2D eigenvalue weighted by atomic mass is 10.0. The third kappa shape index (κ3) is 25.7. The summed E-state index contributed by atoms with van der Waals surface area (Å²) in [6.45, 7) is 0. The van der Waals surface area contributed by atoms with Gasteiger partial charge in [-0.1, -0.05) is 128 Å². The van der Waals surface area contributed by atoms with Crippen molar-refractivity contribution in [1.29, 1.82) is 0 Å². The van der Waals surface area contributed by atoms with Gasteiger partial charge in [0.15, 0.2) is 0 Å². The summed E-state index contributed by atoms with van der Waals surface area (Å²) in [5.74, 6) is 0.796. The summed E-state index contributed by atoms with van der Waals surface area (Å²) in [5, 5.41) is 8.41. The summed E-state index contributed by atoms with van der Waals surface area (Å²) in [6.07, 6.45) is 30.4. The Kier molecular flexibility index (Phi) is 25.6. The average Bonchev–Trinajstić information content (AvgIpc) is 2.74. The highest BCUT2D eigenvalue weighted by Gasteiger charge is 1.98. The van der Waals surface area contributed by atoms with E-state index in [9.17, 15) is 4.79 Å². The van der Waals surface area contributed by atoms with E-state index in [2.05, 4.69) is 12.6 Å². The second kappa shape index (κ2) is 25.8. The maximum Gasteiger partial charge on any atom is 0.243 e. The Hall–Kier alpha value is -0.220. The summed E-state index contributed by atoms with van der Waals surface area (Å²) in [7, 11) is 0. The highest BCUT2D eigenvalue weighted by atomic mass is 32.1. The summed E-state index contributed by atoms with van der Waals surface area (Å²) in [5.41, 5.74) is 1.69. The van der Waals surface area contributed by atoms with Crippen LogP contribution in [0.5, 0.6) is 0 Å². The summed E-state index contributed by atoms with van der Waals surface area (Å²) < 4.78 is 0. The van der Waals surface area contributed by atoms with Gasteiger partial charge in [0.05, 0.1) is 0 Å². The molecule has 1 amide bonds. The topological polar surface area (TPSA) is 49.3 Å². The molecule has 2 N–H and O–H groups in total. The standard InChI is InChI=1S/C25H51NO2S/c27-25(26-28)23-21-19-17-15-13-11-9-7-5-3-1-2-4-6-8-10-12-14-16-18-20-22-24-29/h28-29H,1-24H2,(H,26,27). The Morgan fingerprint density at radius 3 is 0.966 bits per heavy atom. The van der Waals surface area contributed by atoms with Gasteiger partial charge in [-0.05, 0) is 18.6 Å². The number of nitrogens with one attached hydrogen (secondary N) is 1. The van der Waals surface area contributed by atoms with Crippen LogP contribution in [0.2, 0.25) is 0 Å². The van der Waals surface area contributed by atoms with Crippen molar-refractivity contribution in [3.63, 3.8) is 0 Å². The minimum absolute atomic E-state index is 0.258. The highest BCUT2D eigenvalue weighted by molar-refractivity contribution is 7.80. The van der Waals surface area contributed by atoms with Crippen LogP contribution in [0.15, 0.2) is 0 Å². The SMILES string of the molecule is O=C(CCCCCCCCCCCCCCCCCCCCCCCCS)NO. The van der Waals surface area contributed by atoms with Crippen molar-refractivity contribution in [2.24, 2.45) is 0 Å². The second-order valence-electron chi connectivity index (χ2n) is 8.79. The molecule has 0 saturated heterocycles. The largest absolute Gasteiger partial charge is 0.289 e. The van der Waals surface area contributed by atoms with Crippen molar-refractivity contribution >= 4 is 18.5 Å². The lowest BCUT2D eigenvalue weighted by molar-refractivity contribution is -0.129. The van der Waals surface area contributed by atoms with E-state index in [1.165, 1.54) is 128 Å². The lowest BCUT2D eigenvalue weighted by Crippen LogP contribution is -2.17. The monoisotopic (exact) mass is 429 g/mol. The zero-order valence-corrected chi connectivity index (χ0v) is 20.2. The van der Waals surface area contributed by atoms with Gasteiger partial charge in [0.2, 0.25) is 5.91 Å². The van der Waals surface area contributed by atoms with E-state index in [0.717, 1.165) is 18.6 Å². The zero-order chi connectivity index (χ0) is 21.3. The number of thiol groups is 1. The molecule has 0 fully saturated rings. The number of carbonyl (C=O) groups excluding carboxylic acids is 1. The van der Waals surface area contributed by atoms with Gasteiger partial charge in [-0.2, -0.15) is 12.6 Å². The molecule has 0 atom stereocenters. The van der Waals surface area contributed by atoms with Crippen LogP contribution in [0, 0.1) is 0 Å². The molecule has 0 heterocycles. The Morgan fingerprint density at radius 2 is 0.724 bits per heavy atom. The zero-order valence-electron chi connectivity index (χ0n) is 19.3. The van der Waals surface area contributed by atoms with E-state index in [0.29, 0.717) is 6.42 Å². The molecular weight excluding hydrogens is 378 g/mol. The van der Waals surface area contributed by atoms with Crippen molar-refractivity contribution in [3.05, 3.63) is 0 Å². The molecular formula is C25H51NO2S. The van der Waals surface area contributed by atoms with Crippen LogP contribution >= 0.6 is 12.6 Å². The molecule has 3 nitrogen and oxygen atoms in total. The van der Waals surface area contributed by atoms with E-state index < -0.39 is 0 Å². The van der Waals surface area contributed by atoms with Crippen molar-refractivity contribution in [1.82, 2.24) is 5.48 Å². The molecule has 0 rings (SSSR count). The number of carbonyl (C=O) groups is 1. The van der Waals surface area contributed by atoms with Crippen LogP contribution in [-0.4, -0.2) is 16.9 Å². The van der Waals surface area contributed by atoms with Crippen molar-refractivity contribution in [2.45, 2.75) is 148 Å². The Labute approximate surface area is 187 Å². The molecule has 174 valence electrons. The van der Waals surface area contributed by atoms with E-state index in [4.69, 9.17) is 5.21 Å². The molecule has 0 aliphatic heterocycles. The molecule has 0 aliphatic carbocycles. The highest BCUT2D eigenvalue weighted by Crippen LogP contribution is 2.15. The smallest absolute Gasteiger partial charge is 0.243 e. The molecule has 0 radical (unpaired) electrons. The predicted molar refractivity (Wildman–Crippen MR) is 130 cm³/mol. The van der Waals surface area contributed by atoms with Crippen LogP contribution < -0.4 is 5.48 Å². The first-order valence-corrected chi connectivity index (χ1v) is 13.5. The molecule has 4 heteroatoms. The van der Waals surface area contributed by atoms with Gasteiger partial charge in [-0.25, -0.2) is 5.48 Å². The first kappa shape index (κ1) is 28.8. The molecule has 0 aromatic heterocycles. The van der Waals surface area contributed by atoms with Crippen molar-refractivity contribution in [2.75, 3.05) is 5.75 Å². The first-order valence-electron chi connectivity index (χ1n) is 12.8. The van der Waals surface area contributed by atoms with E-state index in [-0.39, 0.29) is 5.91 Å². The predicted octanol–water partition coefficient (Wildman–Crippen LogP) is 8.39. The van der Waals surface area contributed by atoms with Gasteiger partial charge in [0.1, 0.15) is 0 Å². The number of unbranched alkanes of at least 4 members (excludes halogenated alkanes) is 21. The van der Waals surface area contributed by atoms with E-state index in [1.54, 1.807) is 5.48 Å². The van der Waals surface area contributed by atoms with E-state index in [1.807, 2.05) is 0 Å². The van der Waals surface area contributed by atoms with E-state index >= 15 is 0 Å². The quantitative estimate of drug-likeness (QED) is 0.0624. The Morgan fingerprint density at radius 1 is 0.483 bits per heavy atom. The number of rotatable bonds is 24. The minimum Gasteiger partial charge on any atom is -0.289 e. The van der Waals surface area contributed by atoms with Crippen molar-refractivity contribution < 1.29 is 10.0 Å². The normalized spacial score (nSPS) is 11.1. The van der Waals surface area contributed by atoms with Gasteiger partial charge in [0, 0.05) is 6.42 Å². The van der Waals surface area contributed by atoms with Crippen LogP contribution in [0.4, 0.5) is 0 Å². The number of hydrogen-bond acceptors (Lipinski definition) is 3. The number of amides is 1. The fraction of sp³-hybridized carbons (Fsp3) is 0.960. The van der Waals surface area contributed by atoms with Gasteiger partial charge >= 0.3 is 0 Å². The molecule has 0 aromatic rings. The fourth-order valence-electron chi connectivity index (χ4n) is 3.99. The van der Waals surface area contributed by atoms with Crippen LogP contribution in [0.1, 0.15) is 148 Å². The Balaban J connectivity index is 3.01. The van der Waals surface area contributed by atoms with Crippen LogP contribution in [0.25, 0.3) is 0 Å². The summed E-state index contributed by atoms with van der Waals surface area (Å²) in [6, 6.07) is 0. The fourth-order valence-corrected chi connectivity index (χ4v) is 4.21. The third-order valence-corrected chi connectivity index (χ3v) is 6.25. The number of hydrogen-bond donors (Lipinski definition) is 3.